The monoisotopic (exact) mass is 385 g/mol. The molecule has 4 nitrogen and oxygen atoms in total. The number of hydrogen-bond acceptors (Lipinski definition) is 4. The second-order valence-electron chi connectivity index (χ2n) is 6.18. The van der Waals surface area contributed by atoms with Gasteiger partial charge in [0, 0.05) is 30.9 Å². The minimum atomic E-state index is -0.252. The van der Waals surface area contributed by atoms with Gasteiger partial charge in [0.1, 0.15) is 11.6 Å². The van der Waals surface area contributed by atoms with Crippen LogP contribution in [-0.4, -0.2) is 24.4 Å². The van der Waals surface area contributed by atoms with Crippen molar-refractivity contribution in [3.63, 3.8) is 0 Å². The number of halogens is 1. The summed E-state index contributed by atoms with van der Waals surface area (Å²) in [6.45, 7) is 2.27. The quantitative estimate of drug-likeness (QED) is 0.563. The highest BCUT2D eigenvalue weighted by molar-refractivity contribution is 7.99. The zero-order valence-corrected chi connectivity index (χ0v) is 16.6. The van der Waals surface area contributed by atoms with E-state index in [1.54, 1.807) is 11.9 Å². The van der Waals surface area contributed by atoms with Gasteiger partial charge in [-0.1, -0.05) is 24.1 Å². The van der Waals surface area contributed by atoms with Gasteiger partial charge in [-0.15, -0.1) is 0 Å². The molecule has 3 aromatic rings. The average molecular weight is 386 g/mol. The Hall–Kier alpha value is -2.44. The van der Waals surface area contributed by atoms with E-state index in [2.05, 4.69) is 4.31 Å². The first-order chi connectivity index (χ1) is 13.0. The fourth-order valence-electron chi connectivity index (χ4n) is 3.02. The zero-order chi connectivity index (χ0) is 19.4. The smallest absolute Gasteiger partial charge is 0.155 e. The number of para-hydroxylation sites is 1. The van der Waals surface area contributed by atoms with Crippen LogP contribution < -0.4 is 14.8 Å². The van der Waals surface area contributed by atoms with Crippen molar-refractivity contribution in [2.45, 2.75) is 13.5 Å². The number of anilines is 1. The van der Waals surface area contributed by atoms with Crippen LogP contribution >= 0.6 is 11.9 Å². The highest BCUT2D eigenvalue weighted by Gasteiger charge is 2.16. The first-order valence-corrected chi connectivity index (χ1v) is 9.91. The lowest BCUT2D eigenvalue weighted by atomic mass is 10.2. The summed E-state index contributed by atoms with van der Waals surface area (Å²) in [5, 5.41) is 0.959. The maximum Gasteiger partial charge on any atom is 0.155 e. The Labute approximate surface area is 163 Å². The van der Waals surface area contributed by atoms with Crippen LogP contribution in [0.3, 0.4) is 0 Å². The van der Waals surface area contributed by atoms with Gasteiger partial charge in [0.05, 0.1) is 17.8 Å². The Morgan fingerprint density at radius 2 is 1.93 bits per heavy atom. The number of nitrogens with two attached hydrogens (primary N) is 1. The van der Waals surface area contributed by atoms with Crippen molar-refractivity contribution in [1.82, 2.24) is 4.57 Å². The molecule has 27 heavy (non-hydrogen) atoms. The van der Waals surface area contributed by atoms with Crippen molar-refractivity contribution in [2.75, 3.05) is 24.2 Å². The molecule has 3 rings (SSSR count). The SMILES string of the molecule is CSN(C)c1ccc(Oc2c(C)n(C/C(F)=C/CN)c3ccccc23)cc1. The molecule has 6 heteroatoms. The van der Waals surface area contributed by atoms with Crippen molar-refractivity contribution in [3.05, 3.63) is 66.1 Å². The molecular weight excluding hydrogens is 361 g/mol. The molecule has 142 valence electrons. The van der Waals surface area contributed by atoms with E-state index in [4.69, 9.17) is 10.5 Å². The third-order valence-corrected chi connectivity index (χ3v) is 5.27. The summed E-state index contributed by atoms with van der Waals surface area (Å²) in [5.41, 5.74) is 8.34. The highest BCUT2D eigenvalue weighted by atomic mass is 32.2. The number of rotatable bonds is 7. The Balaban J connectivity index is 1.97. The Morgan fingerprint density at radius 3 is 2.59 bits per heavy atom. The van der Waals surface area contributed by atoms with Gasteiger partial charge in [0.15, 0.2) is 5.75 Å². The second kappa shape index (κ2) is 8.50. The molecule has 0 radical (unpaired) electrons. The molecule has 0 aliphatic carbocycles. The molecule has 0 saturated carbocycles. The van der Waals surface area contributed by atoms with Crippen molar-refractivity contribution < 1.29 is 9.13 Å². The minimum absolute atomic E-state index is 0.143. The van der Waals surface area contributed by atoms with Crippen molar-refractivity contribution in [2.24, 2.45) is 5.73 Å². The van der Waals surface area contributed by atoms with Gasteiger partial charge in [-0.2, -0.15) is 0 Å². The van der Waals surface area contributed by atoms with E-state index in [9.17, 15) is 4.39 Å². The number of allylic oxidation sites excluding steroid dienone is 1. The van der Waals surface area contributed by atoms with E-state index in [1.165, 1.54) is 6.08 Å². The van der Waals surface area contributed by atoms with Gasteiger partial charge in [-0.05, 0) is 49.4 Å². The van der Waals surface area contributed by atoms with Crippen LogP contribution in [0.25, 0.3) is 10.9 Å². The summed E-state index contributed by atoms with van der Waals surface area (Å²) < 4.78 is 24.3. The van der Waals surface area contributed by atoms with E-state index in [0.717, 1.165) is 33.8 Å². The molecule has 0 fully saturated rings. The van der Waals surface area contributed by atoms with E-state index >= 15 is 0 Å². The van der Waals surface area contributed by atoms with Gasteiger partial charge in [0.25, 0.3) is 0 Å². The first-order valence-electron chi connectivity index (χ1n) is 8.73. The number of nitrogens with zero attached hydrogens (tertiary/aromatic N) is 2. The Kier molecular flexibility index (Phi) is 6.08. The molecule has 0 aliphatic rings. The predicted octanol–water partition coefficient (Wildman–Crippen LogP) is 5.27. The zero-order valence-electron chi connectivity index (χ0n) is 15.8. The maximum absolute atomic E-state index is 14.1. The third kappa shape index (κ3) is 4.12. The van der Waals surface area contributed by atoms with Crippen LogP contribution in [0.2, 0.25) is 0 Å². The van der Waals surface area contributed by atoms with Crippen LogP contribution in [0.1, 0.15) is 5.69 Å². The highest BCUT2D eigenvalue weighted by Crippen LogP contribution is 2.37. The second-order valence-corrected chi connectivity index (χ2v) is 7.09. The summed E-state index contributed by atoms with van der Waals surface area (Å²) in [4.78, 5) is 0. The molecule has 0 saturated heterocycles. The van der Waals surface area contributed by atoms with Crippen LogP contribution in [0.5, 0.6) is 11.5 Å². The third-order valence-electron chi connectivity index (χ3n) is 4.52. The van der Waals surface area contributed by atoms with Gasteiger partial charge < -0.3 is 19.3 Å². The largest absolute Gasteiger partial charge is 0.455 e. The molecule has 0 atom stereocenters. The molecule has 0 amide bonds. The molecule has 0 spiro atoms. The van der Waals surface area contributed by atoms with Gasteiger partial charge >= 0.3 is 0 Å². The van der Waals surface area contributed by atoms with Crippen molar-refractivity contribution in [1.29, 1.82) is 0 Å². The van der Waals surface area contributed by atoms with Crippen LogP contribution in [0, 0.1) is 6.92 Å². The number of aromatic nitrogens is 1. The molecule has 1 heterocycles. The lowest BCUT2D eigenvalue weighted by Gasteiger charge is -2.15. The molecule has 0 aliphatic heterocycles. The Bertz CT molecular complexity index is 950. The van der Waals surface area contributed by atoms with Crippen LogP contribution in [-0.2, 0) is 6.54 Å². The lowest BCUT2D eigenvalue weighted by molar-refractivity contribution is 0.477. The van der Waals surface area contributed by atoms with Gasteiger partial charge in [-0.3, -0.25) is 0 Å². The van der Waals surface area contributed by atoms with Gasteiger partial charge in [-0.25, -0.2) is 4.39 Å². The topological polar surface area (TPSA) is 43.4 Å². The van der Waals surface area contributed by atoms with E-state index in [1.807, 2.05) is 73.3 Å². The van der Waals surface area contributed by atoms with Crippen molar-refractivity contribution >= 4 is 28.5 Å². The molecule has 1 aromatic heterocycles. The summed E-state index contributed by atoms with van der Waals surface area (Å²) in [6, 6.07) is 15.8. The summed E-state index contributed by atoms with van der Waals surface area (Å²) in [7, 11) is 2.02. The number of ether oxygens (including phenoxy) is 1. The fourth-order valence-corrected chi connectivity index (χ4v) is 3.36. The number of benzene rings is 2. The summed E-state index contributed by atoms with van der Waals surface area (Å²) >= 11 is 1.64. The number of fused-ring (bicyclic) bond motifs is 1. The van der Waals surface area contributed by atoms with Crippen LogP contribution in [0.4, 0.5) is 10.1 Å². The predicted molar refractivity (Wildman–Crippen MR) is 113 cm³/mol. The lowest BCUT2D eigenvalue weighted by Crippen LogP contribution is -2.04. The normalized spacial score (nSPS) is 11.8. The number of hydrogen-bond donors (Lipinski definition) is 1. The summed E-state index contributed by atoms with van der Waals surface area (Å²) in [5.74, 6) is 1.24. The molecule has 0 unspecified atom stereocenters. The van der Waals surface area contributed by atoms with E-state index in [0.29, 0.717) is 0 Å². The standard InChI is InChI=1S/C21H24FN3OS/c1-15-21(26-18-10-8-17(9-11-18)24(2)27-3)19-6-4-5-7-20(19)25(15)14-16(22)12-13-23/h4-12H,13-14,23H2,1-3H3/b16-12-. The van der Waals surface area contributed by atoms with E-state index in [-0.39, 0.29) is 18.9 Å². The molecular formula is C21H24FN3OS. The molecule has 2 aromatic carbocycles. The van der Waals surface area contributed by atoms with E-state index < -0.39 is 0 Å². The minimum Gasteiger partial charge on any atom is -0.455 e. The molecule has 2 N–H and O–H groups in total. The Morgan fingerprint density at radius 1 is 1.22 bits per heavy atom. The average Bonchev–Trinajstić information content (AvgIpc) is 2.94. The van der Waals surface area contributed by atoms with Crippen molar-refractivity contribution in [3.8, 4) is 11.5 Å². The fraction of sp³-hybridized carbons (Fsp3) is 0.238. The van der Waals surface area contributed by atoms with Gasteiger partial charge in [0.2, 0.25) is 0 Å². The first kappa shape index (κ1) is 19.3. The van der Waals surface area contributed by atoms with Crippen LogP contribution in [0.15, 0.2) is 60.4 Å². The molecule has 0 bridgehead atoms. The summed E-state index contributed by atoms with van der Waals surface area (Å²) in [6.07, 6.45) is 3.43. The maximum atomic E-state index is 14.1.